The topological polar surface area (TPSA) is 0 Å². The highest BCUT2D eigenvalue weighted by molar-refractivity contribution is 6.19. The minimum absolute atomic E-state index is 0.484. The summed E-state index contributed by atoms with van der Waals surface area (Å²) in [5.41, 5.74) is 0. The van der Waals surface area contributed by atoms with Gasteiger partial charge in [-0.1, -0.05) is 64.2 Å². The first-order chi connectivity index (χ1) is 7.41. The molecule has 0 atom stereocenters. The van der Waals surface area contributed by atoms with Crippen LogP contribution in [-0.2, 0) is 0 Å². The first-order valence-electron chi connectivity index (χ1n) is 6.43. The fourth-order valence-corrected chi connectivity index (χ4v) is 1.75. The molecule has 0 spiro atoms. The van der Waals surface area contributed by atoms with Crippen LogP contribution in [0.3, 0.4) is 0 Å². The smallest absolute Gasteiger partial charge is 0.0835 e. The minimum Gasteiger partial charge on any atom is -0.113 e. The summed E-state index contributed by atoms with van der Waals surface area (Å²) in [5, 5.41) is 0. The van der Waals surface area contributed by atoms with Crippen molar-refractivity contribution in [3.05, 3.63) is 0 Å². The van der Waals surface area contributed by atoms with Gasteiger partial charge in [-0.15, -0.1) is 17.5 Å². The van der Waals surface area contributed by atoms with Crippen LogP contribution in [0.1, 0.15) is 71.1 Å². The number of alkyl halides is 1. The summed E-state index contributed by atoms with van der Waals surface area (Å²) in [4.78, 5) is 0. The third-order valence-corrected chi connectivity index (χ3v) is 2.73. The van der Waals surface area contributed by atoms with E-state index in [1.807, 2.05) is 0 Å². The monoisotopic (exact) mass is 228 g/mol. The second kappa shape index (κ2) is 13.8. The third-order valence-electron chi connectivity index (χ3n) is 2.60. The van der Waals surface area contributed by atoms with Crippen LogP contribution in [0, 0.1) is 11.8 Å². The molecule has 0 unspecified atom stereocenters. The molecule has 0 saturated heterocycles. The van der Waals surface area contributed by atoms with Gasteiger partial charge >= 0.3 is 0 Å². The second-order valence-electron chi connectivity index (χ2n) is 4.07. The molecule has 0 amide bonds. The highest BCUT2D eigenvalue weighted by atomic mass is 35.5. The fourth-order valence-electron chi connectivity index (χ4n) is 1.66. The Morgan fingerprint density at radius 2 is 1.27 bits per heavy atom. The molecule has 0 aromatic rings. The van der Waals surface area contributed by atoms with Crippen LogP contribution in [0.15, 0.2) is 0 Å². The van der Waals surface area contributed by atoms with E-state index in [1.54, 1.807) is 0 Å². The first-order valence-corrected chi connectivity index (χ1v) is 6.97. The Bertz CT molecular complexity index is 164. The molecule has 0 aliphatic rings. The maximum atomic E-state index is 5.45. The molecule has 0 fully saturated rings. The number of hydrogen-bond donors (Lipinski definition) is 0. The van der Waals surface area contributed by atoms with E-state index in [1.165, 1.54) is 57.8 Å². The molecule has 0 N–H and O–H groups in total. The molecule has 1 heteroatoms. The summed E-state index contributed by atoms with van der Waals surface area (Å²) < 4.78 is 0. The molecule has 0 rings (SSSR count). The summed E-state index contributed by atoms with van der Waals surface area (Å²) in [5.74, 6) is 6.44. The zero-order valence-corrected chi connectivity index (χ0v) is 10.9. The Morgan fingerprint density at radius 1 is 0.733 bits per heavy atom. The maximum absolute atomic E-state index is 5.45. The van der Waals surface area contributed by atoms with Crippen molar-refractivity contribution in [3.63, 3.8) is 0 Å². The van der Waals surface area contributed by atoms with Crippen molar-refractivity contribution in [2.75, 3.05) is 5.88 Å². The van der Waals surface area contributed by atoms with E-state index in [9.17, 15) is 0 Å². The maximum Gasteiger partial charge on any atom is 0.0835 e. The Kier molecular flexibility index (Phi) is 13.7. The number of hydrogen-bond acceptors (Lipinski definition) is 0. The van der Waals surface area contributed by atoms with Crippen molar-refractivity contribution in [3.8, 4) is 11.8 Å². The van der Waals surface area contributed by atoms with Crippen LogP contribution in [0.25, 0.3) is 0 Å². The average Bonchev–Trinajstić information content (AvgIpc) is 2.26. The largest absolute Gasteiger partial charge is 0.113 e. The van der Waals surface area contributed by atoms with E-state index in [0.717, 1.165) is 6.42 Å². The van der Waals surface area contributed by atoms with Gasteiger partial charge in [-0.3, -0.25) is 0 Å². The highest BCUT2D eigenvalue weighted by Crippen LogP contribution is 2.09. The summed E-state index contributed by atoms with van der Waals surface area (Å²) >= 11 is 5.45. The molecule has 0 radical (unpaired) electrons. The van der Waals surface area contributed by atoms with Gasteiger partial charge in [0.25, 0.3) is 0 Å². The minimum atomic E-state index is 0.484. The second-order valence-corrected chi connectivity index (χ2v) is 4.33. The number of halogens is 1. The number of unbranched alkanes of at least 4 members (excludes halogenated alkanes) is 9. The zero-order chi connectivity index (χ0) is 11.2. The average molecular weight is 229 g/mol. The molecular weight excluding hydrogens is 204 g/mol. The third kappa shape index (κ3) is 13.9. The molecule has 0 nitrogen and oxygen atoms in total. The van der Waals surface area contributed by atoms with Gasteiger partial charge in [0.05, 0.1) is 5.88 Å². The molecule has 0 heterocycles. The lowest BCUT2D eigenvalue weighted by atomic mass is 10.1. The molecular formula is C14H25Cl. The Balaban J connectivity index is 2.92. The van der Waals surface area contributed by atoms with E-state index in [0.29, 0.717) is 5.88 Å². The lowest BCUT2D eigenvalue weighted by Crippen LogP contribution is -1.80. The fraction of sp³-hybridized carbons (Fsp3) is 0.857. The van der Waals surface area contributed by atoms with Crippen LogP contribution in [0.5, 0.6) is 0 Å². The van der Waals surface area contributed by atoms with Gasteiger partial charge in [0.15, 0.2) is 0 Å². The molecule has 88 valence electrons. The first kappa shape index (κ1) is 14.8. The lowest BCUT2D eigenvalue weighted by Gasteiger charge is -1.99. The van der Waals surface area contributed by atoms with Crippen molar-refractivity contribution in [1.82, 2.24) is 0 Å². The van der Waals surface area contributed by atoms with E-state index in [4.69, 9.17) is 11.6 Å². The zero-order valence-electron chi connectivity index (χ0n) is 10.2. The Hall–Kier alpha value is -0.150. The Labute approximate surface area is 101 Å². The van der Waals surface area contributed by atoms with Crippen LogP contribution in [-0.4, -0.2) is 5.88 Å². The van der Waals surface area contributed by atoms with E-state index in [2.05, 4.69) is 18.8 Å². The molecule has 0 bridgehead atoms. The van der Waals surface area contributed by atoms with E-state index < -0.39 is 0 Å². The van der Waals surface area contributed by atoms with Gasteiger partial charge < -0.3 is 0 Å². The van der Waals surface area contributed by atoms with Gasteiger partial charge in [0.2, 0.25) is 0 Å². The van der Waals surface area contributed by atoms with Crippen LogP contribution in [0.4, 0.5) is 0 Å². The summed E-state index contributed by atoms with van der Waals surface area (Å²) in [7, 11) is 0. The predicted octanol–water partition coefficient (Wildman–Crippen LogP) is 5.15. The summed E-state index contributed by atoms with van der Waals surface area (Å²) in [6.07, 6.45) is 13.5. The Morgan fingerprint density at radius 3 is 1.80 bits per heavy atom. The van der Waals surface area contributed by atoms with E-state index >= 15 is 0 Å². The van der Waals surface area contributed by atoms with Crippen LogP contribution >= 0.6 is 11.6 Å². The summed E-state index contributed by atoms with van der Waals surface area (Å²) in [6, 6.07) is 0. The molecule has 15 heavy (non-hydrogen) atoms. The van der Waals surface area contributed by atoms with E-state index in [-0.39, 0.29) is 0 Å². The molecule has 0 aromatic heterocycles. The van der Waals surface area contributed by atoms with Gasteiger partial charge in [-0.05, 0) is 6.42 Å². The van der Waals surface area contributed by atoms with Crippen molar-refractivity contribution >= 4 is 11.6 Å². The quantitative estimate of drug-likeness (QED) is 0.291. The molecule has 0 aliphatic heterocycles. The molecule has 0 aromatic carbocycles. The summed E-state index contributed by atoms with van der Waals surface area (Å²) in [6.45, 7) is 2.27. The van der Waals surface area contributed by atoms with Gasteiger partial charge in [0.1, 0.15) is 0 Å². The van der Waals surface area contributed by atoms with Crippen LogP contribution < -0.4 is 0 Å². The van der Waals surface area contributed by atoms with Gasteiger partial charge in [0, 0.05) is 6.42 Å². The number of rotatable bonds is 9. The van der Waals surface area contributed by atoms with Gasteiger partial charge in [-0.25, -0.2) is 0 Å². The van der Waals surface area contributed by atoms with Crippen molar-refractivity contribution in [2.24, 2.45) is 0 Å². The standard InChI is InChI=1S/C14H25Cl/c1-2-3-4-5-6-7-8-9-10-11-12-13-14-15/h2-11,14H2,1H3. The lowest BCUT2D eigenvalue weighted by molar-refractivity contribution is 0.567. The highest BCUT2D eigenvalue weighted by Gasteiger charge is 1.90. The van der Waals surface area contributed by atoms with Crippen molar-refractivity contribution < 1.29 is 0 Å². The predicted molar refractivity (Wildman–Crippen MR) is 70.3 cm³/mol. The molecule has 0 aliphatic carbocycles. The van der Waals surface area contributed by atoms with Crippen molar-refractivity contribution in [2.45, 2.75) is 71.1 Å². The molecule has 0 saturated carbocycles. The van der Waals surface area contributed by atoms with Gasteiger partial charge in [-0.2, -0.15) is 0 Å². The normalized spacial score (nSPS) is 9.73. The van der Waals surface area contributed by atoms with Crippen molar-refractivity contribution in [1.29, 1.82) is 0 Å². The SMILES string of the molecule is CCCCCCCCCCCC#CCCl. The van der Waals surface area contributed by atoms with Crippen LogP contribution in [0.2, 0.25) is 0 Å².